The molecule has 2 amide bonds. The van der Waals surface area contributed by atoms with E-state index in [-0.39, 0.29) is 6.42 Å². The normalized spacial score (nSPS) is 28.8. The SMILES string of the molecule is CC1(C)[C@H](C(=O)O)N2C(=O)[C@@H](NC(=O)Cc3ccccc3)[C@@H]2S1(=O)=O. The Balaban J connectivity index is 1.81. The number of sulfone groups is 1. The predicted octanol–water partition coefficient (Wildman–Crippen LogP) is -0.458. The standard InChI is InChI=1S/C16H18N2O6S/c1-16(2)12(15(21)22)18-13(20)11(14(18)25(16,23)24)17-10(19)8-9-6-4-3-5-7-9/h3-7,11-12,14H,8H2,1-2H3,(H,17,19)(H,21,22)/t11-,12+,14+/m1/s1. The first-order valence-corrected chi connectivity index (χ1v) is 9.25. The third-order valence-corrected chi connectivity index (χ3v) is 7.65. The lowest BCUT2D eigenvalue weighted by molar-refractivity contribution is -0.161. The zero-order chi connectivity index (χ0) is 18.6. The monoisotopic (exact) mass is 366 g/mol. The molecule has 3 atom stereocenters. The average Bonchev–Trinajstić information content (AvgIpc) is 2.67. The van der Waals surface area contributed by atoms with Crippen LogP contribution < -0.4 is 5.32 Å². The van der Waals surface area contributed by atoms with Crippen molar-refractivity contribution in [3.63, 3.8) is 0 Å². The number of fused-ring (bicyclic) bond motifs is 1. The molecule has 0 radical (unpaired) electrons. The number of aliphatic carboxylic acids is 1. The van der Waals surface area contributed by atoms with Crippen molar-refractivity contribution in [3.05, 3.63) is 35.9 Å². The van der Waals surface area contributed by atoms with Gasteiger partial charge < -0.3 is 15.3 Å². The second-order valence-electron chi connectivity index (χ2n) is 6.73. The largest absolute Gasteiger partial charge is 0.480 e. The van der Waals surface area contributed by atoms with Crippen LogP contribution in [0.5, 0.6) is 0 Å². The van der Waals surface area contributed by atoms with E-state index in [1.807, 2.05) is 0 Å². The number of benzene rings is 1. The number of carbonyl (C=O) groups is 3. The van der Waals surface area contributed by atoms with Crippen LogP contribution in [0.15, 0.2) is 30.3 Å². The highest BCUT2D eigenvalue weighted by atomic mass is 32.2. The first-order chi connectivity index (χ1) is 11.6. The molecule has 9 heteroatoms. The first kappa shape index (κ1) is 17.4. The molecule has 2 aliphatic heterocycles. The predicted molar refractivity (Wildman–Crippen MR) is 87.1 cm³/mol. The third-order valence-electron chi connectivity index (χ3n) is 4.83. The molecule has 0 unspecified atom stereocenters. The number of hydrogen-bond donors (Lipinski definition) is 2. The van der Waals surface area contributed by atoms with Crippen LogP contribution in [-0.4, -0.2) is 58.4 Å². The summed E-state index contributed by atoms with van der Waals surface area (Å²) in [6, 6.07) is 6.10. The fourth-order valence-corrected chi connectivity index (χ4v) is 5.66. The lowest BCUT2D eigenvalue weighted by Gasteiger charge is -2.42. The zero-order valence-corrected chi connectivity index (χ0v) is 14.5. The van der Waals surface area contributed by atoms with Gasteiger partial charge in [0, 0.05) is 0 Å². The van der Waals surface area contributed by atoms with Crippen LogP contribution >= 0.6 is 0 Å². The number of amides is 2. The topological polar surface area (TPSA) is 121 Å². The Morgan fingerprint density at radius 2 is 1.84 bits per heavy atom. The summed E-state index contributed by atoms with van der Waals surface area (Å²) in [4.78, 5) is 36.8. The molecule has 3 rings (SSSR count). The Morgan fingerprint density at radius 1 is 1.24 bits per heavy atom. The molecule has 0 bridgehead atoms. The van der Waals surface area contributed by atoms with E-state index in [9.17, 15) is 27.9 Å². The van der Waals surface area contributed by atoms with Gasteiger partial charge in [-0.2, -0.15) is 0 Å². The summed E-state index contributed by atoms with van der Waals surface area (Å²) in [6.45, 7) is 2.57. The molecule has 2 fully saturated rings. The van der Waals surface area contributed by atoms with Gasteiger partial charge in [0.05, 0.1) is 6.42 Å². The Bertz CT molecular complexity index is 849. The minimum atomic E-state index is -3.95. The minimum Gasteiger partial charge on any atom is -0.480 e. The highest BCUT2D eigenvalue weighted by Crippen LogP contribution is 2.45. The summed E-state index contributed by atoms with van der Waals surface area (Å²) < 4.78 is 23.7. The molecule has 2 aliphatic rings. The smallest absolute Gasteiger partial charge is 0.328 e. The van der Waals surface area contributed by atoms with Crippen molar-refractivity contribution >= 4 is 27.6 Å². The van der Waals surface area contributed by atoms with E-state index in [1.165, 1.54) is 13.8 Å². The van der Waals surface area contributed by atoms with Gasteiger partial charge in [0.1, 0.15) is 16.8 Å². The van der Waals surface area contributed by atoms with Crippen molar-refractivity contribution in [1.29, 1.82) is 0 Å². The van der Waals surface area contributed by atoms with E-state index in [0.717, 1.165) is 10.5 Å². The molecule has 1 aromatic rings. The molecule has 0 aromatic heterocycles. The second-order valence-corrected chi connectivity index (χ2v) is 9.36. The van der Waals surface area contributed by atoms with Gasteiger partial charge in [0.2, 0.25) is 11.8 Å². The molecule has 1 aromatic carbocycles. The number of β-lactam (4-membered cyclic amide) rings is 1. The van der Waals surface area contributed by atoms with Crippen molar-refractivity contribution < 1.29 is 27.9 Å². The fourth-order valence-electron chi connectivity index (χ4n) is 3.45. The minimum absolute atomic E-state index is 0.00311. The van der Waals surface area contributed by atoms with Gasteiger partial charge in [0.15, 0.2) is 15.2 Å². The Labute approximate surface area is 144 Å². The van der Waals surface area contributed by atoms with E-state index in [2.05, 4.69) is 5.32 Å². The lowest BCUT2D eigenvalue weighted by atomic mass is 9.96. The third kappa shape index (κ3) is 2.41. The molecule has 0 spiro atoms. The van der Waals surface area contributed by atoms with Crippen LogP contribution in [0.2, 0.25) is 0 Å². The van der Waals surface area contributed by atoms with Crippen LogP contribution in [-0.2, 0) is 30.6 Å². The van der Waals surface area contributed by atoms with Crippen LogP contribution in [0.4, 0.5) is 0 Å². The summed E-state index contributed by atoms with van der Waals surface area (Å²) in [5, 5.41) is 10.4. The van der Waals surface area contributed by atoms with E-state index in [1.54, 1.807) is 30.3 Å². The number of hydrogen-bond acceptors (Lipinski definition) is 5. The molecule has 2 heterocycles. The maximum atomic E-state index is 12.7. The second kappa shape index (κ2) is 5.55. The Morgan fingerprint density at radius 3 is 2.40 bits per heavy atom. The molecular weight excluding hydrogens is 348 g/mol. The molecule has 0 saturated carbocycles. The van der Waals surface area contributed by atoms with E-state index < -0.39 is 49.8 Å². The zero-order valence-electron chi connectivity index (χ0n) is 13.7. The van der Waals surface area contributed by atoms with Crippen molar-refractivity contribution in [2.24, 2.45) is 0 Å². The number of carbonyl (C=O) groups excluding carboxylic acids is 2. The first-order valence-electron chi connectivity index (χ1n) is 7.70. The van der Waals surface area contributed by atoms with Gasteiger partial charge in [0.25, 0.3) is 0 Å². The number of carboxylic acid groups (broad SMARTS) is 1. The van der Waals surface area contributed by atoms with Gasteiger partial charge in [-0.1, -0.05) is 30.3 Å². The quantitative estimate of drug-likeness (QED) is 0.696. The number of rotatable bonds is 4. The highest BCUT2D eigenvalue weighted by molar-refractivity contribution is 7.94. The summed E-state index contributed by atoms with van der Waals surface area (Å²) in [5.41, 5.74) is 0.724. The molecular formula is C16H18N2O6S. The van der Waals surface area contributed by atoms with Gasteiger partial charge in [-0.3, -0.25) is 9.59 Å². The van der Waals surface area contributed by atoms with Gasteiger partial charge in [-0.15, -0.1) is 0 Å². The lowest BCUT2D eigenvalue weighted by Crippen LogP contribution is -2.72. The molecule has 25 heavy (non-hydrogen) atoms. The van der Waals surface area contributed by atoms with Crippen molar-refractivity contribution in [3.8, 4) is 0 Å². The Hall–Kier alpha value is -2.42. The van der Waals surface area contributed by atoms with Crippen LogP contribution in [0.25, 0.3) is 0 Å². The van der Waals surface area contributed by atoms with Gasteiger partial charge in [-0.05, 0) is 19.4 Å². The van der Waals surface area contributed by atoms with Crippen LogP contribution in [0.3, 0.4) is 0 Å². The van der Waals surface area contributed by atoms with E-state index >= 15 is 0 Å². The van der Waals surface area contributed by atoms with Crippen molar-refractivity contribution in [2.75, 3.05) is 0 Å². The summed E-state index contributed by atoms with van der Waals surface area (Å²) in [6.07, 6.45) is 0.00311. The molecule has 8 nitrogen and oxygen atoms in total. The van der Waals surface area contributed by atoms with Crippen molar-refractivity contribution in [1.82, 2.24) is 10.2 Å². The van der Waals surface area contributed by atoms with Crippen LogP contribution in [0, 0.1) is 0 Å². The number of carboxylic acids is 1. The Kier molecular flexibility index (Phi) is 3.86. The molecule has 134 valence electrons. The van der Waals surface area contributed by atoms with Crippen LogP contribution in [0.1, 0.15) is 19.4 Å². The van der Waals surface area contributed by atoms with Gasteiger partial charge >= 0.3 is 5.97 Å². The van der Waals surface area contributed by atoms with Gasteiger partial charge in [-0.25, -0.2) is 13.2 Å². The maximum Gasteiger partial charge on any atom is 0.328 e. The molecule has 0 aliphatic carbocycles. The molecule has 2 saturated heterocycles. The highest BCUT2D eigenvalue weighted by Gasteiger charge is 2.72. The van der Waals surface area contributed by atoms with E-state index in [0.29, 0.717) is 0 Å². The fraction of sp³-hybridized carbons (Fsp3) is 0.438. The molecule has 2 N–H and O–H groups in total. The number of nitrogens with zero attached hydrogens (tertiary/aromatic N) is 1. The average molecular weight is 366 g/mol. The summed E-state index contributed by atoms with van der Waals surface area (Å²) in [7, 11) is -3.95. The summed E-state index contributed by atoms with van der Waals surface area (Å²) in [5.74, 6) is -2.55. The summed E-state index contributed by atoms with van der Waals surface area (Å²) >= 11 is 0. The van der Waals surface area contributed by atoms with Crippen molar-refractivity contribution in [2.45, 2.75) is 42.5 Å². The maximum absolute atomic E-state index is 12.7. The number of nitrogens with one attached hydrogen (secondary N) is 1. The van der Waals surface area contributed by atoms with E-state index in [4.69, 9.17) is 0 Å².